The van der Waals surface area contributed by atoms with Crippen LogP contribution in [0.5, 0.6) is 0 Å². The SMILES string of the molecule is CCN1C(=O)C(=CNc2ccc(C(=O)OC(C)C)cc2)C(=O)N(CC)C1=O. The standard InChI is InChI=1S/C19H23N3O5/c1-5-21-16(23)15(17(24)22(6-2)19(21)26)11-20-14-9-7-13(8-10-14)18(25)27-12(3)4/h7-12,20H,5-6H2,1-4H3. The molecule has 1 saturated heterocycles. The Morgan fingerprint density at radius 1 is 1.04 bits per heavy atom. The fraction of sp³-hybridized carbons (Fsp3) is 0.368. The topological polar surface area (TPSA) is 96.0 Å². The Morgan fingerprint density at radius 2 is 1.56 bits per heavy atom. The van der Waals surface area contributed by atoms with Crippen LogP contribution in [0.4, 0.5) is 10.5 Å². The molecule has 1 heterocycles. The van der Waals surface area contributed by atoms with Crippen LogP contribution >= 0.6 is 0 Å². The Kier molecular flexibility index (Phi) is 6.33. The highest BCUT2D eigenvalue weighted by atomic mass is 16.5. The van der Waals surface area contributed by atoms with Crippen LogP contribution in [0, 0.1) is 0 Å². The average Bonchev–Trinajstić information content (AvgIpc) is 2.62. The van der Waals surface area contributed by atoms with Gasteiger partial charge in [-0.3, -0.25) is 19.4 Å². The van der Waals surface area contributed by atoms with Crippen molar-refractivity contribution in [3.63, 3.8) is 0 Å². The maximum atomic E-state index is 12.4. The van der Waals surface area contributed by atoms with Gasteiger partial charge < -0.3 is 10.1 Å². The largest absolute Gasteiger partial charge is 0.459 e. The smallest absolute Gasteiger partial charge is 0.338 e. The van der Waals surface area contributed by atoms with E-state index < -0.39 is 23.8 Å². The van der Waals surface area contributed by atoms with E-state index in [0.717, 1.165) is 9.80 Å². The minimum absolute atomic E-state index is 0.124. The number of nitrogens with zero attached hydrogens (tertiary/aromatic N) is 2. The van der Waals surface area contributed by atoms with Crippen molar-refractivity contribution in [2.45, 2.75) is 33.8 Å². The van der Waals surface area contributed by atoms with Crippen LogP contribution in [0.1, 0.15) is 38.1 Å². The number of nitrogens with one attached hydrogen (secondary N) is 1. The zero-order valence-electron chi connectivity index (χ0n) is 15.8. The first-order valence-electron chi connectivity index (χ1n) is 8.75. The molecular formula is C19H23N3O5. The van der Waals surface area contributed by atoms with E-state index in [1.807, 2.05) is 0 Å². The van der Waals surface area contributed by atoms with Crippen LogP contribution in [0.2, 0.25) is 0 Å². The minimum Gasteiger partial charge on any atom is -0.459 e. The molecule has 0 atom stereocenters. The molecule has 1 aromatic carbocycles. The third-order valence-electron chi connectivity index (χ3n) is 3.89. The Morgan fingerprint density at radius 3 is 2.00 bits per heavy atom. The summed E-state index contributed by atoms with van der Waals surface area (Å²) in [5.74, 6) is -1.70. The molecule has 0 unspecified atom stereocenters. The third-order valence-corrected chi connectivity index (χ3v) is 3.89. The summed E-state index contributed by atoms with van der Waals surface area (Å²) < 4.78 is 5.11. The van der Waals surface area contributed by atoms with Gasteiger partial charge in [0, 0.05) is 25.0 Å². The summed E-state index contributed by atoms with van der Waals surface area (Å²) in [4.78, 5) is 50.8. The minimum atomic E-state index is -0.637. The highest BCUT2D eigenvalue weighted by Gasteiger charge is 2.40. The molecule has 0 aromatic heterocycles. The average molecular weight is 373 g/mol. The summed E-state index contributed by atoms with van der Waals surface area (Å²) in [5, 5.41) is 2.87. The molecule has 0 radical (unpaired) electrons. The zero-order chi connectivity index (χ0) is 20.1. The Hall–Kier alpha value is -3.16. The second-order valence-electron chi connectivity index (χ2n) is 6.12. The molecule has 0 aliphatic carbocycles. The summed E-state index contributed by atoms with van der Waals surface area (Å²) in [7, 11) is 0. The first-order valence-corrected chi connectivity index (χ1v) is 8.75. The molecule has 2 rings (SSSR count). The summed E-state index contributed by atoms with van der Waals surface area (Å²) in [6.45, 7) is 7.21. The lowest BCUT2D eigenvalue weighted by Gasteiger charge is -2.32. The number of carbonyl (C=O) groups excluding carboxylic acids is 4. The van der Waals surface area contributed by atoms with Crippen LogP contribution in [0.25, 0.3) is 0 Å². The Bertz CT molecular complexity index is 755. The fourth-order valence-corrected chi connectivity index (χ4v) is 2.52. The molecule has 0 saturated carbocycles. The van der Waals surface area contributed by atoms with E-state index in [9.17, 15) is 19.2 Å². The third kappa shape index (κ3) is 4.33. The number of barbiturate groups is 1. The molecule has 8 heteroatoms. The van der Waals surface area contributed by atoms with Crippen LogP contribution in [-0.4, -0.2) is 52.8 Å². The van der Waals surface area contributed by atoms with Gasteiger partial charge in [-0.15, -0.1) is 0 Å². The molecule has 1 aliphatic heterocycles. The maximum Gasteiger partial charge on any atom is 0.338 e. The van der Waals surface area contributed by atoms with E-state index in [0.29, 0.717) is 11.3 Å². The number of hydrogen-bond acceptors (Lipinski definition) is 6. The molecule has 1 fully saturated rings. The lowest BCUT2D eigenvalue weighted by Crippen LogP contribution is -2.56. The molecule has 8 nitrogen and oxygen atoms in total. The second kappa shape index (κ2) is 8.48. The van der Waals surface area contributed by atoms with Crippen LogP contribution in [-0.2, 0) is 14.3 Å². The zero-order valence-corrected chi connectivity index (χ0v) is 15.8. The number of imide groups is 2. The lowest BCUT2D eigenvalue weighted by molar-refractivity contribution is -0.135. The first kappa shape index (κ1) is 20.2. The van der Waals surface area contributed by atoms with Crippen molar-refractivity contribution in [3.8, 4) is 0 Å². The van der Waals surface area contributed by atoms with Crippen molar-refractivity contribution >= 4 is 29.5 Å². The van der Waals surface area contributed by atoms with E-state index in [2.05, 4.69) is 5.32 Å². The monoisotopic (exact) mass is 373 g/mol. The highest BCUT2D eigenvalue weighted by Crippen LogP contribution is 2.18. The number of esters is 1. The summed E-state index contributed by atoms with van der Waals surface area (Å²) >= 11 is 0. The van der Waals surface area contributed by atoms with Crippen LogP contribution in [0.3, 0.4) is 0 Å². The highest BCUT2D eigenvalue weighted by molar-refractivity contribution is 6.28. The van der Waals surface area contributed by atoms with Crippen molar-refractivity contribution < 1.29 is 23.9 Å². The number of amides is 4. The van der Waals surface area contributed by atoms with Gasteiger partial charge in [0.15, 0.2) is 0 Å². The summed E-state index contributed by atoms with van der Waals surface area (Å²) in [6, 6.07) is 5.81. The van der Waals surface area contributed by atoms with Gasteiger partial charge >= 0.3 is 12.0 Å². The number of benzene rings is 1. The van der Waals surface area contributed by atoms with Gasteiger partial charge in [-0.05, 0) is 52.0 Å². The quantitative estimate of drug-likeness (QED) is 0.467. The fourth-order valence-electron chi connectivity index (χ4n) is 2.52. The number of hydrogen-bond donors (Lipinski definition) is 1. The van der Waals surface area contributed by atoms with Crippen LogP contribution < -0.4 is 5.32 Å². The molecular weight excluding hydrogens is 350 g/mol. The van der Waals surface area contributed by atoms with Gasteiger partial charge in [-0.25, -0.2) is 9.59 Å². The molecule has 4 amide bonds. The number of urea groups is 1. The van der Waals surface area contributed by atoms with Gasteiger partial charge in [-0.1, -0.05) is 0 Å². The maximum absolute atomic E-state index is 12.4. The molecule has 1 aliphatic rings. The molecule has 1 aromatic rings. The molecule has 0 spiro atoms. The second-order valence-corrected chi connectivity index (χ2v) is 6.12. The van der Waals surface area contributed by atoms with E-state index in [4.69, 9.17) is 4.74 Å². The molecule has 0 bridgehead atoms. The predicted octanol–water partition coefficient (Wildman–Crippen LogP) is 2.38. The molecule has 27 heavy (non-hydrogen) atoms. The van der Waals surface area contributed by atoms with Crippen molar-refractivity contribution in [1.29, 1.82) is 0 Å². The lowest BCUT2D eigenvalue weighted by atomic mass is 10.1. The number of ether oxygens (including phenoxy) is 1. The number of anilines is 1. The first-order chi connectivity index (χ1) is 12.8. The van der Waals surface area contributed by atoms with Crippen molar-refractivity contribution in [2.24, 2.45) is 0 Å². The number of carbonyl (C=O) groups is 4. The Balaban J connectivity index is 2.18. The Labute approximate surface area is 157 Å². The van der Waals surface area contributed by atoms with Gasteiger partial charge in [-0.2, -0.15) is 0 Å². The van der Waals surface area contributed by atoms with E-state index in [-0.39, 0.29) is 24.8 Å². The van der Waals surface area contributed by atoms with Gasteiger partial charge in [0.05, 0.1) is 11.7 Å². The van der Waals surface area contributed by atoms with E-state index in [1.54, 1.807) is 52.0 Å². The number of likely N-dealkylation sites (N-methyl/N-ethyl adjacent to an activating group) is 2. The molecule has 144 valence electrons. The van der Waals surface area contributed by atoms with Gasteiger partial charge in [0.1, 0.15) is 5.57 Å². The molecule has 1 N–H and O–H groups in total. The summed E-state index contributed by atoms with van der Waals surface area (Å²) in [5.41, 5.74) is 0.848. The van der Waals surface area contributed by atoms with Crippen molar-refractivity contribution in [3.05, 3.63) is 41.6 Å². The van der Waals surface area contributed by atoms with Gasteiger partial charge in [0.25, 0.3) is 11.8 Å². The van der Waals surface area contributed by atoms with E-state index in [1.165, 1.54) is 6.20 Å². The van der Waals surface area contributed by atoms with Crippen LogP contribution in [0.15, 0.2) is 36.0 Å². The van der Waals surface area contributed by atoms with Crippen molar-refractivity contribution in [2.75, 3.05) is 18.4 Å². The van der Waals surface area contributed by atoms with E-state index >= 15 is 0 Å². The van der Waals surface area contributed by atoms with Gasteiger partial charge in [0.2, 0.25) is 0 Å². The normalized spacial score (nSPS) is 14.7. The number of rotatable bonds is 6. The van der Waals surface area contributed by atoms with Crippen molar-refractivity contribution in [1.82, 2.24) is 9.80 Å². The predicted molar refractivity (Wildman–Crippen MR) is 98.9 cm³/mol. The summed E-state index contributed by atoms with van der Waals surface area (Å²) in [6.07, 6.45) is 1.07.